The van der Waals surface area contributed by atoms with Crippen LogP contribution in [0.5, 0.6) is 0 Å². The Hall–Kier alpha value is -1.02. The molecule has 1 rings (SSSR count). The Morgan fingerprint density at radius 3 is 2.68 bits per heavy atom. The van der Waals surface area contributed by atoms with Crippen LogP contribution in [0.1, 0.15) is 12.6 Å². The molecule has 106 valence electrons. The predicted octanol–water partition coefficient (Wildman–Crippen LogP) is 3.98. The highest BCUT2D eigenvalue weighted by atomic mass is 35.5. The first-order chi connectivity index (χ1) is 8.75. The van der Waals surface area contributed by atoms with E-state index in [4.69, 9.17) is 11.6 Å². The lowest BCUT2D eigenvalue weighted by Gasteiger charge is -2.10. The van der Waals surface area contributed by atoms with Crippen LogP contribution in [0.15, 0.2) is 17.2 Å². The zero-order valence-electron chi connectivity index (χ0n) is 9.78. The van der Waals surface area contributed by atoms with Crippen molar-refractivity contribution in [1.82, 2.24) is 4.98 Å². The van der Waals surface area contributed by atoms with E-state index < -0.39 is 22.5 Å². The summed E-state index contributed by atoms with van der Waals surface area (Å²) in [6.45, 7) is 1.80. The van der Waals surface area contributed by atoms with Crippen molar-refractivity contribution in [3.63, 3.8) is 0 Å². The second kappa shape index (κ2) is 6.42. The zero-order valence-corrected chi connectivity index (χ0v) is 11.3. The van der Waals surface area contributed by atoms with E-state index in [1.165, 1.54) is 0 Å². The lowest BCUT2D eigenvalue weighted by Crippen LogP contribution is -2.09. The van der Waals surface area contributed by atoms with Crippen LogP contribution in [0.4, 0.5) is 18.9 Å². The highest BCUT2D eigenvalue weighted by molar-refractivity contribution is 7.99. The van der Waals surface area contributed by atoms with Gasteiger partial charge in [0.05, 0.1) is 9.82 Å². The number of halogens is 4. The predicted molar refractivity (Wildman–Crippen MR) is 66.5 cm³/mol. The normalized spacial score (nSPS) is 13.3. The van der Waals surface area contributed by atoms with Gasteiger partial charge >= 0.3 is 11.9 Å². The number of aromatic nitrogens is 1. The molecule has 0 radical (unpaired) electrons. The van der Waals surface area contributed by atoms with Gasteiger partial charge in [-0.05, 0) is 12.0 Å². The van der Waals surface area contributed by atoms with Crippen molar-refractivity contribution in [2.45, 2.75) is 18.0 Å². The second-order valence-electron chi connectivity index (χ2n) is 3.86. The number of alkyl halides is 4. The largest absolute Gasteiger partial charge is 0.433 e. The van der Waals surface area contributed by atoms with Gasteiger partial charge in [0.15, 0.2) is 0 Å². The van der Waals surface area contributed by atoms with Crippen LogP contribution < -0.4 is 0 Å². The van der Waals surface area contributed by atoms with Crippen molar-refractivity contribution in [2.75, 3.05) is 11.6 Å². The number of nitro groups is 1. The molecule has 1 atom stereocenters. The number of pyridine rings is 1. The SMILES string of the molecule is CC(CCl)CSc1cc(C(F)(F)F)ncc1[N+](=O)[O-]. The first-order valence-electron chi connectivity index (χ1n) is 5.16. The summed E-state index contributed by atoms with van der Waals surface area (Å²) in [6.07, 6.45) is -3.99. The van der Waals surface area contributed by atoms with Crippen LogP contribution in [-0.4, -0.2) is 21.5 Å². The molecule has 1 aromatic heterocycles. The fourth-order valence-corrected chi connectivity index (χ4v) is 2.40. The second-order valence-corrected chi connectivity index (χ2v) is 5.23. The van der Waals surface area contributed by atoms with Crippen LogP contribution in [0.2, 0.25) is 0 Å². The summed E-state index contributed by atoms with van der Waals surface area (Å²) in [5.41, 5.74) is -1.57. The number of rotatable bonds is 5. The molecular formula is C10H10ClF3N2O2S. The van der Waals surface area contributed by atoms with Crippen molar-refractivity contribution < 1.29 is 18.1 Å². The first-order valence-corrected chi connectivity index (χ1v) is 6.68. The molecule has 1 heterocycles. The molecule has 1 aromatic rings. The van der Waals surface area contributed by atoms with Gasteiger partial charge in [-0.3, -0.25) is 10.1 Å². The van der Waals surface area contributed by atoms with Crippen molar-refractivity contribution in [1.29, 1.82) is 0 Å². The first kappa shape index (κ1) is 16.0. The lowest BCUT2D eigenvalue weighted by molar-refractivity contribution is -0.388. The summed E-state index contributed by atoms with van der Waals surface area (Å²) >= 11 is 6.56. The van der Waals surface area contributed by atoms with Crippen molar-refractivity contribution >= 4 is 29.1 Å². The highest BCUT2D eigenvalue weighted by Crippen LogP contribution is 2.35. The van der Waals surface area contributed by atoms with Gasteiger partial charge in [0.25, 0.3) is 0 Å². The van der Waals surface area contributed by atoms with Crippen LogP contribution in [0, 0.1) is 16.0 Å². The molecule has 0 bridgehead atoms. The number of nitrogens with zero attached hydrogens (tertiary/aromatic N) is 2. The fourth-order valence-electron chi connectivity index (χ4n) is 1.11. The molecule has 0 aliphatic carbocycles. The van der Waals surface area contributed by atoms with Gasteiger partial charge in [0, 0.05) is 11.6 Å². The topological polar surface area (TPSA) is 56.0 Å². The minimum atomic E-state index is -4.62. The smallest absolute Gasteiger partial charge is 0.258 e. The number of hydrogen-bond acceptors (Lipinski definition) is 4. The third-order valence-corrected chi connectivity index (χ3v) is 4.02. The van der Waals surface area contributed by atoms with E-state index in [-0.39, 0.29) is 10.8 Å². The van der Waals surface area contributed by atoms with E-state index in [0.29, 0.717) is 23.9 Å². The van der Waals surface area contributed by atoms with Gasteiger partial charge in [-0.2, -0.15) is 13.2 Å². The zero-order chi connectivity index (χ0) is 14.6. The molecule has 0 spiro atoms. The Bertz CT molecular complexity index is 471. The minimum absolute atomic E-state index is 0.0359. The van der Waals surface area contributed by atoms with E-state index >= 15 is 0 Å². The summed E-state index contributed by atoms with van der Waals surface area (Å²) in [7, 11) is 0. The van der Waals surface area contributed by atoms with Gasteiger partial charge in [-0.15, -0.1) is 23.4 Å². The monoisotopic (exact) mass is 314 g/mol. The Kier molecular flexibility index (Phi) is 5.42. The van der Waals surface area contributed by atoms with Gasteiger partial charge in [-0.1, -0.05) is 6.92 Å². The van der Waals surface area contributed by atoms with E-state index in [1.807, 2.05) is 0 Å². The lowest BCUT2D eigenvalue weighted by atomic mass is 10.3. The number of thioether (sulfide) groups is 1. The van der Waals surface area contributed by atoms with E-state index in [1.54, 1.807) is 6.92 Å². The Labute approximate surface area is 116 Å². The van der Waals surface area contributed by atoms with E-state index in [0.717, 1.165) is 11.8 Å². The van der Waals surface area contributed by atoms with Crippen molar-refractivity contribution in [2.24, 2.45) is 5.92 Å². The van der Waals surface area contributed by atoms with Gasteiger partial charge < -0.3 is 0 Å². The highest BCUT2D eigenvalue weighted by Gasteiger charge is 2.34. The van der Waals surface area contributed by atoms with Gasteiger partial charge in [0.1, 0.15) is 11.9 Å². The van der Waals surface area contributed by atoms with Gasteiger partial charge in [0.2, 0.25) is 0 Å². The minimum Gasteiger partial charge on any atom is -0.258 e. The molecule has 0 aliphatic rings. The average Bonchev–Trinajstić information content (AvgIpc) is 2.34. The molecule has 9 heteroatoms. The molecule has 0 amide bonds. The average molecular weight is 315 g/mol. The summed E-state index contributed by atoms with van der Waals surface area (Å²) in [6, 6.07) is 0.698. The summed E-state index contributed by atoms with van der Waals surface area (Å²) in [4.78, 5) is 13.0. The maximum absolute atomic E-state index is 12.5. The molecule has 0 saturated carbocycles. The Balaban J connectivity index is 3.06. The van der Waals surface area contributed by atoms with E-state index in [2.05, 4.69) is 4.98 Å². The van der Waals surface area contributed by atoms with Crippen molar-refractivity contribution in [3.8, 4) is 0 Å². The fraction of sp³-hybridized carbons (Fsp3) is 0.500. The third-order valence-electron chi connectivity index (χ3n) is 2.12. The Morgan fingerprint density at radius 2 is 2.21 bits per heavy atom. The molecule has 19 heavy (non-hydrogen) atoms. The quantitative estimate of drug-likeness (QED) is 0.357. The maximum atomic E-state index is 12.5. The van der Waals surface area contributed by atoms with E-state index in [9.17, 15) is 23.3 Å². The summed E-state index contributed by atoms with van der Waals surface area (Å²) < 4.78 is 37.5. The molecule has 0 fully saturated rings. The summed E-state index contributed by atoms with van der Waals surface area (Å²) in [5.74, 6) is 0.762. The standard InChI is InChI=1S/C10H10ClF3N2O2S/c1-6(3-11)5-19-8-2-9(10(12,13)14)15-4-7(8)16(17)18/h2,4,6H,3,5H2,1H3. The van der Waals surface area contributed by atoms with Gasteiger partial charge in [-0.25, -0.2) is 4.98 Å². The Morgan fingerprint density at radius 1 is 1.58 bits per heavy atom. The number of hydrogen-bond donors (Lipinski definition) is 0. The molecule has 0 N–H and O–H groups in total. The van der Waals surface area contributed by atoms with Crippen LogP contribution in [0.3, 0.4) is 0 Å². The molecule has 1 unspecified atom stereocenters. The molecular weight excluding hydrogens is 305 g/mol. The van der Waals surface area contributed by atoms with Crippen LogP contribution in [0.25, 0.3) is 0 Å². The van der Waals surface area contributed by atoms with Crippen molar-refractivity contribution in [3.05, 3.63) is 28.1 Å². The molecule has 0 saturated heterocycles. The summed E-state index contributed by atoms with van der Waals surface area (Å²) in [5, 5.41) is 10.7. The molecule has 4 nitrogen and oxygen atoms in total. The third kappa shape index (κ3) is 4.54. The van der Waals surface area contributed by atoms with Crippen LogP contribution in [-0.2, 0) is 6.18 Å². The maximum Gasteiger partial charge on any atom is 0.433 e. The molecule has 0 aliphatic heterocycles. The van der Waals surface area contributed by atoms with Crippen LogP contribution >= 0.6 is 23.4 Å². The molecule has 0 aromatic carbocycles.